The van der Waals surface area contributed by atoms with Crippen molar-refractivity contribution in [2.75, 3.05) is 7.05 Å². The molecule has 0 fully saturated rings. The van der Waals surface area contributed by atoms with Gasteiger partial charge in [-0.3, -0.25) is 0 Å². The van der Waals surface area contributed by atoms with E-state index >= 15 is 0 Å². The normalized spacial score (nSPS) is 12.5. The summed E-state index contributed by atoms with van der Waals surface area (Å²) in [4.78, 5) is 0. The Hall–Kier alpha value is -1.26. The maximum atomic E-state index is 14.1. The van der Waals surface area contributed by atoms with Crippen LogP contribution in [0.2, 0.25) is 0 Å². The fourth-order valence-electron chi connectivity index (χ4n) is 2.61. The molecule has 2 rings (SSSR count). The van der Waals surface area contributed by atoms with Crippen molar-refractivity contribution in [1.29, 1.82) is 0 Å². The summed E-state index contributed by atoms with van der Waals surface area (Å²) in [6.45, 7) is 4.03. The van der Waals surface area contributed by atoms with Crippen LogP contribution < -0.4 is 5.32 Å². The molecular weight excluding hydrogens is 336 g/mol. The Morgan fingerprint density at radius 2 is 1.62 bits per heavy atom. The van der Waals surface area contributed by atoms with Gasteiger partial charge in [0.05, 0.1) is 0 Å². The van der Waals surface area contributed by atoms with Crippen molar-refractivity contribution in [3.8, 4) is 0 Å². The van der Waals surface area contributed by atoms with Gasteiger partial charge in [0.1, 0.15) is 11.6 Å². The Kier molecular flexibility index (Phi) is 5.12. The van der Waals surface area contributed by atoms with Gasteiger partial charge in [-0.05, 0) is 56.1 Å². The van der Waals surface area contributed by atoms with Gasteiger partial charge in [-0.1, -0.05) is 34.1 Å². The van der Waals surface area contributed by atoms with Crippen LogP contribution in [0.1, 0.15) is 28.3 Å². The standard InChI is InChI=1S/C17H18BrF2N/c1-10-5-4-6-11(2)13(10)9-16(21-3)17-14(19)7-12(18)8-15(17)20/h4-8,16,21H,9H2,1-3H3. The van der Waals surface area contributed by atoms with Crippen LogP contribution in [0.25, 0.3) is 0 Å². The maximum absolute atomic E-state index is 14.1. The zero-order valence-electron chi connectivity index (χ0n) is 12.3. The smallest absolute Gasteiger partial charge is 0.132 e. The van der Waals surface area contributed by atoms with E-state index in [2.05, 4.69) is 21.2 Å². The van der Waals surface area contributed by atoms with Gasteiger partial charge in [0, 0.05) is 16.1 Å². The Morgan fingerprint density at radius 1 is 1.10 bits per heavy atom. The lowest BCUT2D eigenvalue weighted by Gasteiger charge is -2.21. The zero-order valence-corrected chi connectivity index (χ0v) is 13.9. The summed E-state index contributed by atoms with van der Waals surface area (Å²) in [5.41, 5.74) is 3.48. The molecule has 1 N–H and O–H groups in total. The lowest BCUT2D eigenvalue weighted by atomic mass is 9.92. The molecule has 2 aromatic carbocycles. The molecule has 0 spiro atoms. The molecule has 1 atom stereocenters. The first-order valence-electron chi connectivity index (χ1n) is 6.80. The summed E-state index contributed by atoms with van der Waals surface area (Å²) in [5, 5.41) is 3.03. The monoisotopic (exact) mass is 353 g/mol. The third kappa shape index (κ3) is 3.50. The molecule has 0 radical (unpaired) electrons. The lowest BCUT2D eigenvalue weighted by molar-refractivity contribution is 0.487. The fraction of sp³-hybridized carbons (Fsp3) is 0.294. The fourth-order valence-corrected chi connectivity index (χ4v) is 3.01. The van der Waals surface area contributed by atoms with E-state index in [1.165, 1.54) is 12.1 Å². The summed E-state index contributed by atoms with van der Waals surface area (Å²) in [7, 11) is 1.72. The summed E-state index contributed by atoms with van der Waals surface area (Å²) < 4.78 is 28.7. The average Bonchev–Trinajstić information content (AvgIpc) is 2.39. The van der Waals surface area contributed by atoms with Gasteiger partial charge in [-0.2, -0.15) is 0 Å². The molecule has 2 aromatic rings. The molecule has 1 unspecified atom stereocenters. The molecule has 0 aliphatic heterocycles. The average molecular weight is 354 g/mol. The van der Waals surface area contributed by atoms with Gasteiger partial charge >= 0.3 is 0 Å². The number of hydrogen-bond acceptors (Lipinski definition) is 1. The number of rotatable bonds is 4. The van der Waals surface area contributed by atoms with Crippen molar-refractivity contribution >= 4 is 15.9 Å². The van der Waals surface area contributed by atoms with Crippen molar-refractivity contribution < 1.29 is 8.78 Å². The number of hydrogen-bond donors (Lipinski definition) is 1. The van der Waals surface area contributed by atoms with Crippen LogP contribution in [0.4, 0.5) is 8.78 Å². The van der Waals surface area contributed by atoms with E-state index in [9.17, 15) is 8.78 Å². The molecule has 21 heavy (non-hydrogen) atoms. The van der Waals surface area contributed by atoms with Crippen molar-refractivity contribution in [2.24, 2.45) is 0 Å². The van der Waals surface area contributed by atoms with Crippen LogP contribution in [0, 0.1) is 25.5 Å². The number of nitrogens with one attached hydrogen (secondary N) is 1. The third-order valence-electron chi connectivity index (χ3n) is 3.79. The topological polar surface area (TPSA) is 12.0 Å². The van der Waals surface area contributed by atoms with E-state index in [4.69, 9.17) is 0 Å². The Balaban J connectivity index is 2.42. The molecule has 0 aromatic heterocycles. The molecule has 4 heteroatoms. The van der Waals surface area contributed by atoms with Crippen LogP contribution in [-0.2, 0) is 6.42 Å². The van der Waals surface area contributed by atoms with Crippen LogP contribution in [0.15, 0.2) is 34.8 Å². The SMILES string of the molecule is CNC(Cc1c(C)cccc1C)c1c(F)cc(Br)cc1F. The van der Waals surface area contributed by atoms with Crippen molar-refractivity contribution in [1.82, 2.24) is 5.32 Å². The first kappa shape index (κ1) is 16.1. The molecule has 0 saturated heterocycles. The largest absolute Gasteiger partial charge is 0.313 e. The first-order chi connectivity index (χ1) is 9.93. The predicted molar refractivity (Wildman–Crippen MR) is 85.5 cm³/mol. The van der Waals surface area contributed by atoms with Gasteiger partial charge in [0.2, 0.25) is 0 Å². The minimum Gasteiger partial charge on any atom is -0.313 e. The highest BCUT2D eigenvalue weighted by Gasteiger charge is 2.21. The van der Waals surface area contributed by atoms with Gasteiger partial charge < -0.3 is 5.32 Å². The quantitative estimate of drug-likeness (QED) is 0.828. The Morgan fingerprint density at radius 3 is 2.10 bits per heavy atom. The third-order valence-corrected chi connectivity index (χ3v) is 4.25. The van der Waals surface area contributed by atoms with E-state index in [1.54, 1.807) is 7.05 Å². The molecular formula is C17H18BrF2N. The second-order valence-corrected chi connectivity index (χ2v) is 6.11. The molecule has 1 nitrogen and oxygen atoms in total. The second-order valence-electron chi connectivity index (χ2n) is 5.20. The molecule has 0 aliphatic carbocycles. The zero-order chi connectivity index (χ0) is 15.6. The van der Waals surface area contributed by atoms with E-state index in [0.717, 1.165) is 16.7 Å². The van der Waals surface area contributed by atoms with E-state index in [0.29, 0.717) is 10.9 Å². The first-order valence-corrected chi connectivity index (χ1v) is 7.60. The maximum Gasteiger partial charge on any atom is 0.132 e. The van der Waals surface area contributed by atoms with Gasteiger partial charge in [0.25, 0.3) is 0 Å². The minimum atomic E-state index is -0.535. The van der Waals surface area contributed by atoms with E-state index in [-0.39, 0.29) is 5.56 Å². The summed E-state index contributed by atoms with van der Waals surface area (Å²) in [6.07, 6.45) is 0.546. The molecule has 112 valence electrons. The molecule has 0 amide bonds. The summed E-state index contributed by atoms with van der Waals surface area (Å²) in [5.74, 6) is -1.07. The van der Waals surface area contributed by atoms with Crippen molar-refractivity contribution in [3.05, 3.63) is 68.7 Å². The van der Waals surface area contributed by atoms with Crippen LogP contribution >= 0.6 is 15.9 Å². The van der Waals surface area contributed by atoms with E-state index in [1.807, 2.05) is 32.0 Å². The van der Waals surface area contributed by atoms with Crippen molar-refractivity contribution in [3.63, 3.8) is 0 Å². The number of aryl methyl sites for hydroxylation is 2. The highest BCUT2D eigenvalue weighted by Crippen LogP contribution is 2.28. The lowest BCUT2D eigenvalue weighted by Crippen LogP contribution is -2.22. The number of likely N-dealkylation sites (N-methyl/N-ethyl adjacent to an activating group) is 1. The highest BCUT2D eigenvalue weighted by molar-refractivity contribution is 9.10. The predicted octanol–water partition coefficient (Wildman–Crippen LogP) is 4.85. The van der Waals surface area contributed by atoms with Gasteiger partial charge in [-0.25, -0.2) is 8.78 Å². The number of halogens is 3. The van der Waals surface area contributed by atoms with Crippen LogP contribution in [-0.4, -0.2) is 7.05 Å². The van der Waals surface area contributed by atoms with Gasteiger partial charge in [0.15, 0.2) is 0 Å². The van der Waals surface area contributed by atoms with Crippen LogP contribution in [0.5, 0.6) is 0 Å². The number of benzene rings is 2. The van der Waals surface area contributed by atoms with Crippen molar-refractivity contribution in [2.45, 2.75) is 26.3 Å². The molecule has 0 saturated carbocycles. The summed E-state index contributed by atoms with van der Waals surface area (Å²) >= 11 is 3.11. The minimum absolute atomic E-state index is 0.0864. The molecule has 0 heterocycles. The Bertz CT molecular complexity index is 612. The summed E-state index contributed by atoms with van der Waals surface area (Å²) in [6, 6.07) is 8.22. The van der Waals surface area contributed by atoms with Crippen LogP contribution in [0.3, 0.4) is 0 Å². The molecule has 0 aliphatic rings. The van der Waals surface area contributed by atoms with Gasteiger partial charge in [-0.15, -0.1) is 0 Å². The molecule has 0 bridgehead atoms. The van der Waals surface area contributed by atoms with E-state index < -0.39 is 17.7 Å². The highest BCUT2D eigenvalue weighted by atomic mass is 79.9. The second kappa shape index (κ2) is 6.67. The Labute approximate surface area is 132 Å².